The van der Waals surface area contributed by atoms with E-state index in [9.17, 15) is 10.1 Å². The van der Waals surface area contributed by atoms with E-state index in [4.69, 9.17) is 0 Å². The van der Waals surface area contributed by atoms with E-state index in [-0.39, 0.29) is 11.3 Å². The number of carbonyl (C=O) groups excluding carboxylic acids is 1. The zero-order valence-electron chi connectivity index (χ0n) is 14.6. The number of amides is 1. The van der Waals surface area contributed by atoms with Crippen molar-refractivity contribution in [3.05, 3.63) is 53.7 Å². The van der Waals surface area contributed by atoms with E-state index >= 15 is 0 Å². The zero-order chi connectivity index (χ0) is 17.9. The van der Waals surface area contributed by atoms with Gasteiger partial charge in [-0.1, -0.05) is 24.3 Å². The van der Waals surface area contributed by atoms with Crippen molar-refractivity contribution in [2.75, 3.05) is 6.54 Å². The van der Waals surface area contributed by atoms with Gasteiger partial charge in [-0.05, 0) is 41.7 Å². The Morgan fingerprint density at radius 1 is 1.23 bits per heavy atom. The van der Waals surface area contributed by atoms with Crippen LogP contribution in [0.4, 0.5) is 0 Å². The van der Waals surface area contributed by atoms with Crippen LogP contribution in [0.3, 0.4) is 0 Å². The predicted molar refractivity (Wildman–Crippen MR) is 98.2 cm³/mol. The molecule has 0 N–H and O–H groups in total. The molecule has 1 aliphatic carbocycles. The molecule has 1 aliphatic heterocycles. The summed E-state index contributed by atoms with van der Waals surface area (Å²) in [6.45, 7) is 1.12. The van der Waals surface area contributed by atoms with Crippen LogP contribution in [0.2, 0.25) is 0 Å². The molecule has 26 heavy (non-hydrogen) atoms. The predicted octanol–water partition coefficient (Wildman–Crippen LogP) is 3.50. The molecule has 0 bridgehead atoms. The van der Waals surface area contributed by atoms with Crippen molar-refractivity contribution in [2.24, 2.45) is 12.5 Å². The minimum atomic E-state index is -0.314. The van der Waals surface area contributed by atoms with Gasteiger partial charge in [0, 0.05) is 31.1 Å². The summed E-state index contributed by atoms with van der Waals surface area (Å²) >= 11 is 0. The van der Waals surface area contributed by atoms with Crippen molar-refractivity contribution in [2.45, 2.75) is 19.4 Å². The van der Waals surface area contributed by atoms with Crippen molar-refractivity contribution < 1.29 is 4.79 Å². The summed E-state index contributed by atoms with van der Waals surface area (Å²) in [5.74, 6) is 0.0463. The van der Waals surface area contributed by atoms with Gasteiger partial charge in [0.15, 0.2) is 0 Å². The molecule has 2 heterocycles. The second kappa shape index (κ2) is 5.18. The lowest BCUT2D eigenvalue weighted by atomic mass is 9.96. The zero-order valence-corrected chi connectivity index (χ0v) is 14.6. The minimum absolute atomic E-state index is 0.0463. The molecular formula is C21H18N4O. The monoisotopic (exact) mass is 342 g/mol. The molecule has 0 radical (unpaired) electrons. The van der Waals surface area contributed by atoms with Crippen molar-refractivity contribution in [3.63, 3.8) is 0 Å². The van der Waals surface area contributed by atoms with Crippen LogP contribution in [0.15, 0.2) is 42.6 Å². The second-order valence-electron chi connectivity index (χ2n) is 7.43. The Labute approximate surface area is 151 Å². The highest BCUT2D eigenvalue weighted by molar-refractivity contribution is 6.01. The van der Waals surface area contributed by atoms with Gasteiger partial charge in [-0.25, -0.2) is 0 Å². The van der Waals surface area contributed by atoms with Gasteiger partial charge >= 0.3 is 0 Å². The number of nitriles is 1. The average Bonchev–Trinajstić information content (AvgIpc) is 3.25. The van der Waals surface area contributed by atoms with Crippen LogP contribution in [-0.4, -0.2) is 27.1 Å². The number of rotatable bonds is 3. The van der Waals surface area contributed by atoms with E-state index in [0.717, 1.165) is 46.0 Å². The Morgan fingerprint density at radius 2 is 2.04 bits per heavy atom. The third-order valence-electron chi connectivity index (χ3n) is 5.69. The number of hydrogen-bond donors (Lipinski definition) is 0. The van der Waals surface area contributed by atoms with Crippen LogP contribution < -0.4 is 0 Å². The summed E-state index contributed by atoms with van der Waals surface area (Å²) < 4.78 is 1.86. The van der Waals surface area contributed by atoms with E-state index in [1.807, 2.05) is 35.0 Å². The van der Waals surface area contributed by atoms with Crippen molar-refractivity contribution in [1.82, 2.24) is 14.7 Å². The largest absolute Gasteiger partial charge is 0.333 e. The van der Waals surface area contributed by atoms with Gasteiger partial charge < -0.3 is 4.90 Å². The molecule has 5 nitrogen and oxygen atoms in total. The van der Waals surface area contributed by atoms with Gasteiger partial charge in [0.1, 0.15) is 0 Å². The minimum Gasteiger partial charge on any atom is -0.333 e. The van der Waals surface area contributed by atoms with Gasteiger partial charge in [0.25, 0.3) is 5.91 Å². The second-order valence-corrected chi connectivity index (χ2v) is 7.43. The average molecular weight is 342 g/mol. The molecule has 1 aromatic heterocycles. The molecule has 2 aliphatic rings. The molecule has 0 unspecified atom stereocenters. The Kier molecular flexibility index (Phi) is 3.02. The maximum atomic E-state index is 12.8. The lowest BCUT2D eigenvalue weighted by Crippen LogP contribution is -2.30. The summed E-state index contributed by atoms with van der Waals surface area (Å²) in [4.78, 5) is 14.7. The summed E-state index contributed by atoms with van der Waals surface area (Å²) in [5, 5.41) is 14.8. The van der Waals surface area contributed by atoms with E-state index in [0.29, 0.717) is 13.1 Å². The summed E-state index contributed by atoms with van der Waals surface area (Å²) in [6, 6.07) is 14.6. The molecule has 128 valence electrons. The number of aryl methyl sites for hydroxylation is 1. The first kappa shape index (κ1) is 15.2. The molecule has 5 rings (SSSR count). The lowest BCUT2D eigenvalue weighted by Gasteiger charge is -2.18. The molecular weight excluding hydrogens is 324 g/mol. The van der Waals surface area contributed by atoms with Gasteiger partial charge in [-0.15, -0.1) is 0 Å². The first-order valence-electron chi connectivity index (χ1n) is 8.85. The standard InChI is InChI=1S/C21H18N4O/c1-24-19-9-14(5-6-15(19)10-23-24)16-3-2-4-17-18(16)11-25(20(17)26)13-21(12-22)7-8-21/h2-6,9-10H,7-8,11,13H2,1H3. The van der Waals surface area contributed by atoms with Crippen molar-refractivity contribution in [3.8, 4) is 17.2 Å². The van der Waals surface area contributed by atoms with Gasteiger partial charge in [-0.3, -0.25) is 9.48 Å². The van der Waals surface area contributed by atoms with Gasteiger partial charge in [-0.2, -0.15) is 10.4 Å². The number of aromatic nitrogens is 2. The molecule has 1 saturated carbocycles. The quantitative estimate of drug-likeness (QED) is 0.732. The fourth-order valence-corrected chi connectivity index (χ4v) is 3.92. The Morgan fingerprint density at radius 3 is 2.81 bits per heavy atom. The smallest absolute Gasteiger partial charge is 0.254 e. The van der Waals surface area contributed by atoms with E-state index in [1.165, 1.54) is 0 Å². The SMILES string of the molecule is Cn1ncc2ccc(-c3cccc4c3CN(CC3(C#N)CC3)C4=O)cc21. The summed E-state index contributed by atoms with van der Waals surface area (Å²) in [5.41, 5.74) is 4.76. The van der Waals surface area contributed by atoms with E-state index in [2.05, 4.69) is 35.4 Å². The van der Waals surface area contributed by atoms with Crippen molar-refractivity contribution in [1.29, 1.82) is 5.26 Å². The molecule has 2 aromatic carbocycles. The number of nitrogens with zero attached hydrogens (tertiary/aromatic N) is 4. The number of carbonyl (C=O) groups is 1. The van der Waals surface area contributed by atoms with Crippen LogP contribution >= 0.6 is 0 Å². The Hall–Kier alpha value is -3.13. The first-order valence-corrected chi connectivity index (χ1v) is 8.85. The molecule has 0 saturated heterocycles. The highest BCUT2D eigenvalue weighted by Gasteiger charge is 2.46. The Balaban J connectivity index is 1.56. The Bertz CT molecular complexity index is 1100. The molecule has 3 aromatic rings. The summed E-state index contributed by atoms with van der Waals surface area (Å²) in [7, 11) is 1.93. The number of benzene rings is 2. The molecule has 1 fully saturated rings. The number of hydrogen-bond acceptors (Lipinski definition) is 3. The lowest BCUT2D eigenvalue weighted by molar-refractivity contribution is 0.0758. The number of fused-ring (bicyclic) bond motifs is 2. The summed E-state index contributed by atoms with van der Waals surface area (Å²) in [6.07, 6.45) is 3.65. The van der Waals surface area contributed by atoms with Crippen LogP contribution in [0.5, 0.6) is 0 Å². The first-order chi connectivity index (χ1) is 12.6. The fraction of sp³-hybridized carbons (Fsp3) is 0.286. The van der Waals surface area contributed by atoms with Crippen LogP contribution in [0.25, 0.3) is 22.0 Å². The van der Waals surface area contributed by atoms with Crippen molar-refractivity contribution >= 4 is 16.8 Å². The third kappa shape index (κ3) is 2.15. The van der Waals surface area contributed by atoms with Gasteiger partial charge in [0.05, 0.1) is 23.2 Å². The maximum Gasteiger partial charge on any atom is 0.254 e. The van der Waals surface area contributed by atoms with Crippen LogP contribution in [0, 0.1) is 16.7 Å². The van der Waals surface area contributed by atoms with Crippen LogP contribution in [0.1, 0.15) is 28.8 Å². The topological polar surface area (TPSA) is 61.9 Å². The molecule has 1 amide bonds. The third-order valence-corrected chi connectivity index (χ3v) is 5.69. The maximum absolute atomic E-state index is 12.8. The van der Waals surface area contributed by atoms with E-state index < -0.39 is 0 Å². The molecule has 0 spiro atoms. The molecule has 0 atom stereocenters. The normalized spacial score (nSPS) is 17.4. The highest BCUT2D eigenvalue weighted by Crippen LogP contribution is 2.47. The fourth-order valence-electron chi connectivity index (χ4n) is 3.92. The highest BCUT2D eigenvalue weighted by atomic mass is 16.2. The van der Waals surface area contributed by atoms with Crippen LogP contribution in [-0.2, 0) is 13.6 Å². The van der Waals surface area contributed by atoms with Gasteiger partial charge in [0.2, 0.25) is 0 Å². The molecule has 5 heteroatoms. The van der Waals surface area contributed by atoms with E-state index in [1.54, 1.807) is 0 Å².